The Bertz CT molecular complexity index is 1190. The minimum atomic E-state index is -2.90. The van der Waals surface area contributed by atoms with Crippen molar-refractivity contribution in [3.63, 3.8) is 0 Å². The summed E-state index contributed by atoms with van der Waals surface area (Å²) in [5.74, 6) is -5.12. The predicted octanol–water partition coefficient (Wildman–Crippen LogP) is 5.35. The van der Waals surface area contributed by atoms with Crippen LogP contribution < -0.4 is 10.2 Å². The van der Waals surface area contributed by atoms with E-state index in [2.05, 4.69) is 5.32 Å². The van der Waals surface area contributed by atoms with Crippen LogP contribution in [0, 0.1) is 5.82 Å². The van der Waals surface area contributed by atoms with Gasteiger partial charge in [0.1, 0.15) is 17.9 Å². The van der Waals surface area contributed by atoms with Crippen LogP contribution in [0.4, 0.5) is 23.7 Å². The fourth-order valence-corrected chi connectivity index (χ4v) is 5.35. The molecule has 1 saturated carbocycles. The third kappa shape index (κ3) is 5.65. The molecule has 12 heteroatoms. The number of halogens is 5. The van der Waals surface area contributed by atoms with E-state index in [0.717, 1.165) is 17.0 Å². The lowest BCUT2D eigenvalue weighted by molar-refractivity contribution is -0.133. The van der Waals surface area contributed by atoms with Crippen LogP contribution in [-0.4, -0.2) is 54.5 Å². The minimum Gasteiger partial charge on any atom is -0.453 e. The van der Waals surface area contributed by atoms with Crippen molar-refractivity contribution >= 4 is 46.8 Å². The molecule has 0 spiro atoms. The van der Waals surface area contributed by atoms with Crippen molar-refractivity contribution in [1.82, 2.24) is 10.2 Å². The Morgan fingerprint density at radius 2 is 1.78 bits per heavy atom. The van der Waals surface area contributed by atoms with Gasteiger partial charge in [-0.3, -0.25) is 19.4 Å². The molecule has 2 aromatic rings. The highest BCUT2D eigenvalue weighted by Crippen LogP contribution is 2.41. The molecule has 1 aliphatic heterocycles. The quantitative estimate of drug-likeness (QED) is 0.519. The number of amides is 3. The van der Waals surface area contributed by atoms with Crippen molar-refractivity contribution in [2.75, 3.05) is 18.6 Å². The summed E-state index contributed by atoms with van der Waals surface area (Å²) in [7, 11) is 1.18. The van der Waals surface area contributed by atoms with Crippen LogP contribution in [0.15, 0.2) is 42.5 Å². The van der Waals surface area contributed by atoms with Crippen LogP contribution in [0.3, 0.4) is 0 Å². The minimum absolute atomic E-state index is 0.00297. The predicted molar refractivity (Wildman–Crippen MR) is 131 cm³/mol. The maximum atomic E-state index is 14.4. The molecule has 0 bridgehead atoms. The van der Waals surface area contributed by atoms with E-state index >= 15 is 0 Å². The van der Waals surface area contributed by atoms with Crippen molar-refractivity contribution in [2.24, 2.45) is 0 Å². The molecule has 3 amide bonds. The fourth-order valence-electron chi connectivity index (χ4n) is 4.74. The molecule has 1 saturated heterocycles. The van der Waals surface area contributed by atoms with E-state index in [1.54, 1.807) is 6.07 Å². The van der Waals surface area contributed by atoms with Crippen LogP contribution in [0.1, 0.15) is 37.3 Å². The Kier molecular flexibility index (Phi) is 7.89. The lowest BCUT2D eigenvalue weighted by atomic mass is 9.87. The molecule has 37 heavy (non-hydrogen) atoms. The highest BCUT2D eigenvalue weighted by molar-refractivity contribution is 6.36. The summed E-state index contributed by atoms with van der Waals surface area (Å²) >= 11 is 12.9. The summed E-state index contributed by atoms with van der Waals surface area (Å²) in [5, 5.41) is 2.63. The molecule has 2 fully saturated rings. The number of carbonyl (C=O) groups excluding carboxylic acids is 3. The molecular formula is C25H24Cl2F3N3O4. The number of hydrogen-bond donors (Lipinski definition) is 1. The molecular weight excluding hydrogens is 534 g/mol. The molecule has 2 atom stereocenters. The number of nitrogens with one attached hydrogen (secondary N) is 1. The number of rotatable bonds is 6. The van der Waals surface area contributed by atoms with Gasteiger partial charge >= 0.3 is 6.09 Å². The summed E-state index contributed by atoms with van der Waals surface area (Å²) in [6, 6.07) is 6.04. The highest BCUT2D eigenvalue weighted by Gasteiger charge is 2.48. The van der Waals surface area contributed by atoms with Gasteiger partial charge < -0.3 is 10.1 Å². The van der Waals surface area contributed by atoms with Crippen molar-refractivity contribution < 1.29 is 32.3 Å². The molecule has 2 aliphatic rings. The lowest BCUT2D eigenvalue weighted by Gasteiger charge is -2.39. The van der Waals surface area contributed by atoms with Crippen LogP contribution in [0.2, 0.25) is 10.0 Å². The van der Waals surface area contributed by atoms with Gasteiger partial charge in [-0.2, -0.15) is 0 Å². The molecule has 1 heterocycles. The zero-order valence-electron chi connectivity index (χ0n) is 19.7. The van der Waals surface area contributed by atoms with Gasteiger partial charge in [0.15, 0.2) is 0 Å². The number of nitrogens with zero attached hydrogens (tertiary/aromatic N) is 2. The van der Waals surface area contributed by atoms with Gasteiger partial charge in [0.2, 0.25) is 5.91 Å². The van der Waals surface area contributed by atoms with Crippen molar-refractivity contribution in [1.29, 1.82) is 0 Å². The van der Waals surface area contributed by atoms with E-state index in [1.807, 2.05) is 0 Å². The zero-order valence-corrected chi connectivity index (χ0v) is 21.2. The van der Waals surface area contributed by atoms with E-state index in [9.17, 15) is 27.6 Å². The Morgan fingerprint density at radius 1 is 1.14 bits per heavy atom. The molecule has 198 valence electrons. The topological polar surface area (TPSA) is 79.0 Å². The number of ether oxygens (including phenoxy) is 1. The van der Waals surface area contributed by atoms with Gasteiger partial charge in [-0.15, -0.1) is 0 Å². The Labute approximate surface area is 221 Å². The van der Waals surface area contributed by atoms with Gasteiger partial charge in [-0.1, -0.05) is 35.3 Å². The average molecular weight is 558 g/mol. The van der Waals surface area contributed by atoms with Crippen molar-refractivity contribution in [3.05, 3.63) is 63.9 Å². The van der Waals surface area contributed by atoms with E-state index in [4.69, 9.17) is 27.9 Å². The summed E-state index contributed by atoms with van der Waals surface area (Å²) in [5.41, 5.74) is 0.0337. The normalized spacial score (nSPS) is 19.6. The maximum absolute atomic E-state index is 14.4. The molecule has 0 radical (unpaired) electrons. The van der Waals surface area contributed by atoms with Crippen molar-refractivity contribution in [3.8, 4) is 0 Å². The van der Waals surface area contributed by atoms with Crippen LogP contribution in [0.5, 0.6) is 0 Å². The van der Waals surface area contributed by atoms with Gasteiger partial charge in [-0.05, 0) is 43.2 Å². The largest absolute Gasteiger partial charge is 0.453 e. The maximum Gasteiger partial charge on any atom is 0.410 e. The molecule has 7 nitrogen and oxygen atoms in total. The SMILES string of the molecule is COC(=O)N1CCC[C@H]1C(=O)N(c1cccc(F)c1)[C@H](C(=O)NC1CC(F)(F)C1)c1c(Cl)cccc1Cl. The van der Waals surface area contributed by atoms with Gasteiger partial charge in [0.25, 0.3) is 11.8 Å². The van der Waals surface area contributed by atoms with Gasteiger partial charge in [0.05, 0.1) is 7.11 Å². The standard InChI is InChI=1S/C25H24Cl2F3N3O4/c1-37-24(36)32-10-4-9-19(32)23(35)33(16-6-2-5-14(28)11-16)21(20-17(26)7-3-8-18(20)27)22(34)31-15-12-25(29,30)13-15/h2-3,5-8,11,15,19,21H,4,9-10,12-13H2,1H3,(H,31,34)/t19-,21-/m0/s1. The summed E-state index contributed by atoms with van der Waals surface area (Å²) < 4.78 is 46.2. The van der Waals surface area contributed by atoms with Crippen LogP contribution in [0.25, 0.3) is 0 Å². The lowest BCUT2D eigenvalue weighted by Crippen LogP contribution is -2.56. The molecule has 1 N–H and O–H groups in total. The number of carbonyl (C=O) groups is 3. The molecule has 0 unspecified atom stereocenters. The number of methoxy groups -OCH3 is 1. The number of likely N-dealkylation sites (tertiary alicyclic amines) is 1. The second-order valence-corrected chi connectivity index (χ2v) is 9.83. The smallest absolute Gasteiger partial charge is 0.410 e. The van der Waals surface area contributed by atoms with Crippen molar-refractivity contribution in [2.45, 2.75) is 49.7 Å². The molecule has 1 aliphatic carbocycles. The first kappa shape index (κ1) is 27.1. The number of benzene rings is 2. The molecule has 2 aromatic carbocycles. The molecule has 4 rings (SSSR count). The Morgan fingerprint density at radius 3 is 2.38 bits per heavy atom. The monoisotopic (exact) mass is 557 g/mol. The Hall–Kier alpha value is -2.98. The van der Waals surface area contributed by atoms with Gasteiger partial charge in [0, 0.05) is 46.7 Å². The van der Waals surface area contributed by atoms with Gasteiger partial charge in [-0.25, -0.2) is 18.0 Å². The third-order valence-corrected chi connectivity index (χ3v) is 7.15. The van der Waals surface area contributed by atoms with Crippen LogP contribution >= 0.6 is 23.2 Å². The average Bonchev–Trinajstić information content (AvgIpc) is 3.31. The van der Waals surface area contributed by atoms with Crippen LogP contribution in [-0.2, 0) is 14.3 Å². The first-order valence-electron chi connectivity index (χ1n) is 11.6. The third-order valence-electron chi connectivity index (χ3n) is 6.49. The summed E-state index contributed by atoms with van der Waals surface area (Å²) in [4.78, 5) is 42.4. The second-order valence-electron chi connectivity index (χ2n) is 9.02. The second kappa shape index (κ2) is 10.8. The van der Waals surface area contributed by atoms with E-state index in [1.165, 1.54) is 36.3 Å². The van der Waals surface area contributed by atoms with E-state index in [-0.39, 0.29) is 34.3 Å². The summed E-state index contributed by atoms with van der Waals surface area (Å²) in [6.45, 7) is 0.237. The first-order valence-corrected chi connectivity index (χ1v) is 12.3. The molecule has 0 aromatic heterocycles. The zero-order chi connectivity index (χ0) is 26.9. The first-order chi connectivity index (χ1) is 17.5. The Balaban J connectivity index is 1.83. The number of alkyl halides is 2. The van der Waals surface area contributed by atoms with E-state index in [0.29, 0.717) is 6.42 Å². The van der Waals surface area contributed by atoms with E-state index < -0.39 is 60.6 Å². The highest BCUT2D eigenvalue weighted by atomic mass is 35.5. The number of anilines is 1. The number of hydrogen-bond acceptors (Lipinski definition) is 4. The fraction of sp³-hybridized carbons (Fsp3) is 0.400. The summed E-state index contributed by atoms with van der Waals surface area (Å²) in [6.07, 6.45) is -1.10.